The Bertz CT molecular complexity index is 717. The van der Waals surface area contributed by atoms with Crippen molar-refractivity contribution in [2.45, 2.75) is 39.2 Å². The van der Waals surface area contributed by atoms with Gasteiger partial charge in [-0.3, -0.25) is 4.79 Å². The SMILES string of the molecule is CC(C)(C)c1csc(CNC(=O)Cc2ccccc2C(=O)O)n1. The molecule has 1 heterocycles. The van der Waals surface area contributed by atoms with E-state index >= 15 is 0 Å². The first kappa shape index (κ1) is 17.1. The number of rotatable bonds is 5. The Labute approximate surface area is 139 Å². The highest BCUT2D eigenvalue weighted by Gasteiger charge is 2.18. The Kier molecular flexibility index (Phi) is 5.15. The van der Waals surface area contributed by atoms with Crippen LogP contribution in [0.15, 0.2) is 29.6 Å². The fraction of sp³-hybridized carbons (Fsp3) is 0.353. The van der Waals surface area contributed by atoms with Gasteiger partial charge in [0.2, 0.25) is 5.91 Å². The number of hydrogen-bond donors (Lipinski definition) is 2. The summed E-state index contributed by atoms with van der Waals surface area (Å²) >= 11 is 1.51. The minimum absolute atomic E-state index is 0.0147. The van der Waals surface area contributed by atoms with Crippen molar-refractivity contribution in [3.8, 4) is 0 Å². The summed E-state index contributed by atoms with van der Waals surface area (Å²) in [5, 5.41) is 14.8. The highest BCUT2D eigenvalue weighted by Crippen LogP contribution is 2.23. The van der Waals surface area contributed by atoms with Crippen molar-refractivity contribution < 1.29 is 14.7 Å². The molecule has 0 saturated carbocycles. The molecule has 0 radical (unpaired) electrons. The largest absolute Gasteiger partial charge is 0.478 e. The molecule has 1 aromatic heterocycles. The van der Waals surface area contributed by atoms with E-state index in [1.54, 1.807) is 18.2 Å². The number of hydrogen-bond acceptors (Lipinski definition) is 4. The molecule has 0 aliphatic rings. The van der Waals surface area contributed by atoms with Crippen LogP contribution >= 0.6 is 11.3 Å². The van der Waals surface area contributed by atoms with E-state index in [1.165, 1.54) is 17.4 Å². The number of aromatic carboxylic acids is 1. The summed E-state index contributed by atoms with van der Waals surface area (Å²) in [7, 11) is 0. The molecule has 2 N–H and O–H groups in total. The van der Waals surface area contributed by atoms with E-state index in [-0.39, 0.29) is 23.3 Å². The number of carboxylic acid groups (broad SMARTS) is 1. The molecule has 23 heavy (non-hydrogen) atoms. The summed E-state index contributed by atoms with van der Waals surface area (Å²) in [6.45, 7) is 6.63. The molecule has 5 nitrogen and oxygen atoms in total. The Hall–Kier alpha value is -2.21. The van der Waals surface area contributed by atoms with E-state index in [0.29, 0.717) is 12.1 Å². The van der Waals surface area contributed by atoms with Gasteiger partial charge in [0.25, 0.3) is 0 Å². The first-order valence-electron chi connectivity index (χ1n) is 7.30. The number of amides is 1. The zero-order valence-electron chi connectivity index (χ0n) is 13.4. The predicted octanol–water partition coefficient (Wildman–Crippen LogP) is 3.00. The van der Waals surface area contributed by atoms with Gasteiger partial charge < -0.3 is 10.4 Å². The monoisotopic (exact) mass is 332 g/mol. The van der Waals surface area contributed by atoms with Crippen LogP contribution < -0.4 is 5.32 Å². The minimum Gasteiger partial charge on any atom is -0.478 e. The lowest BCUT2D eigenvalue weighted by atomic mass is 9.93. The molecule has 0 saturated heterocycles. The van der Waals surface area contributed by atoms with Crippen molar-refractivity contribution in [3.05, 3.63) is 51.5 Å². The highest BCUT2D eigenvalue weighted by atomic mass is 32.1. The van der Waals surface area contributed by atoms with Gasteiger partial charge in [0.15, 0.2) is 0 Å². The molecule has 2 aromatic rings. The van der Waals surface area contributed by atoms with Gasteiger partial charge in [0, 0.05) is 10.8 Å². The van der Waals surface area contributed by atoms with E-state index < -0.39 is 5.97 Å². The zero-order chi connectivity index (χ0) is 17.0. The third-order valence-corrected chi connectivity index (χ3v) is 4.20. The van der Waals surface area contributed by atoms with Crippen LogP contribution in [0.1, 0.15) is 47.4 Å². The maximum atomic E-state index is 12.0. The molecule has 122 valence electrons. The Morgan fingerprint density at radius 1 is 1.26 bits per heavy atom. The number of thiazole rings is 1. The normalized spacial score (nSPS) is 11.3. The summed E-state index contributed by atoms with van der Waals surface area (Å²) in [5.74, 6) is -1.24. The molecule has 1 aromatic carbocycles. The topological polar surface area (TPSA) is 79.3 Å². The maximum Gasteiger partial charge on any atom is 0.335 e. The molecule has 0 unspecified atom stereocenters. The molecule has 0 spiro atoms. The molecule has 2 rings (SSSR count). The number of carbonyl (C=O) groups is 2. The average Bonchev–Trinajstić information content (AvgIpc) is 2.94. The fourth-order valence-electron chi connectivity index (χ4n) is 2.03. The second-order valence-corrected chi connectivity index (χ2v) is 7.23. The van der Waals surface area contributed by atoms with Crippen molar-refractivity contribution in [3.63, 3.8) is 0 Å². The highest BCUT2D eigenvalue weighted by molar-refractivity contribution is 7.09. The number of carboxylic acids is 1. The number of nitrogens with one attached hydrogen (secondary N) is 1. The quantitative estimate of drug-likeness (QED) is 0.882. The van der Waals surface area contributed by atoms with Crippen LogP contribution in [0.4, 0.5) is 0 Å². The second-order valence-electron chi connectivity index (χ2n) is 6.29. The zero-order valence-corrected chi connectivity index (χ0v) is 14.2. The molecule has 6 heteroatoms. The van der Waals surface area contributed by atoms with Crippen LogP contribution in [-0.4, -0.2) is 22.0 Å². The summed E-state index contributed by atoms with van der Waals surface area (Å²) in [4.78, 5) is 27.7. The van der Waals surface area contributed by atoms with Gasteiger partial charge in [0.1, 0.15) is 5.01 Å². The minimum atomic E-state index is -1.02. The Balaban J connectivity index is 1.96. The van der Waals surface area contributed by atoms with Crippen LogP contribution in [0.25, 0.3) is 0 Å². The summed E-state index contributed by atoms with van der Waals surface area (Å²) in [6, 6.07) is 6.53. The van der Waals surface area contributed by atoms with Crippen LogP contribution in [-0.2, 0) is 23.2 Å². The van der Waals surface area contributed by atoms with Crippen LogP contribution in [0.3, 0.4) is 0 Å². The van der Waals surface area contributed by atoms with Gasteiger partial charge in [-0.2, -0.15) is 0 Å². The van der Waals surface area contributed by atoms with Gasteiger partial charge in [-0.15, -0.1) is 11.3 Å². The molecule has 0 aliphatic heterocycles. The van der Waals surface area contributed by atoms with Crippen LogP contribution in [0.2, 0.25) is 0 Å². The first-order valence-corrected chi connectivity index (χ1v) is 8.18. The first-order chi connectivity index (χ1) is 10.8. The molecule has 0 aliphatic carbocycles. The smallest absolute Gasteiger partial charge is 0.335 e. The van der Waals surface area contributed by atoms with E-state index in [9.17, 15) is 9.59 Å². The van der Waals surface area contributed by atoms with Gasteiger partial charge in [0.05, 0.1) is 24.2 Å². The Morgan fingerprint density at radius 2 is 1.96 bits per heavy atom. The number of benzene rings is 1. The summed E-state index contributed by atoms with van der Waals surface area (Å²) in [5.41, 5.74) is 1.65. The Morgan fingerprint density at radius 3 is 2.57 bits per heavy atom. The van der Waals surface area contributed by atoms with Gasteiger partial charge in [-0.1, -0.05) is 39.0 Å². The number of carbonyl (C=O) groups excluding carboxylic acids is 1. The molecule has 1 amide bonds. The third kappa shape index (κ3) is 4.63. The molecule has 0 atom stereocenters. The van der Waals surface area contributed by atoms with Crippen molar-refractivity contribution in [2.24, 2.45) is 0 Å². The lowest BCUT2D eigenvalue weighted by molar-refractivity contribution is -0.120. The molecule has 0 bridgehead atoms. The summed E-state index contributed by atoms with van der Waals surface area (Å²) < 4.78 is 0. The van der Waals surface area contributed by atoms with E-state index in [4.69, 9.17) is 5.11 Å². The third-order valence-electron chi connectivity index (χ3n) is 3.36. The number of aromatic nitrogens is 1. The molecular weight excluding hydrogens is 312 g/mol. The maximum absolute atomic E-state index is 12.0. The molecular formula is C17H20N2O3S. The average molecular weight is 332 g/mol. The predicted molar refractivity (Wildman–Crippen MR) is 89.8 cm³/mol. The molecule has 0 fully saturated rings. The second kappa shape index (κ2) is 6.91. The van der Waals surface area contributed by atoms with E-state index in [1.807, 2.05) is 5.38 Å². The fourth-order valence-corrected chi connectivity index (χ4v) is 2.99. The van der Waals surface area contributed by atoms with Crippen molar-refractivity contribution in [2.75, 3.05) is 0 Å². The summed E-state index contributed by atoms with van der Waals surface area (Å²) in [6.07, 6.45) is 0.0416. The van der Waals surface area contributed by atoms with Gasteiger partial charge in [-0.05, 0) is 11.6 Å². The van der Waals surface area contributed by atoms with E-state index in [0.717, 1.165) is 10.7 Å². The number of nitrogens with zero attached hydrogens (tertiary/aromatic N) is 1. The lowest BCUT2D eigenvalue weighted by Gasteiger charge is -2.14. The van der Waals surface area contributed by atoms with Crippen LogP contribution in [0.5, 0.6) is 0 Å². The standard InChI is InChI=1S/C17H20N2O3S/c1-17(2,3)13-10-23-15(19-13)9-18-14(20)8-11-6-4-5-7-12(11)16(21)22/h4-7,10H,8-9H2,1-3H3,(H,18,20)(H,21,22). The van der Waals surface area contributed by atoms with E-state index in [2.05, 4.69) is 31.1 Å². The van der Waals surface area contributed by atoms with Crippen molar-refractivity contribution >= 4 is 23.2 Å². The van der Waals surface area contributed by atoms with Crippen molar-refractivity contribution in [1.29, 1.82) is 0 Å². The van der Waals surface area contributed by atoms with Crippen LogP contribution in [0, 0.1) is 0 Å². The van der Waals surface area contributed by atoms with Gasteiger partial charge in [-0.25, -0.2) is 9.78 Å². The lowest BCUT2D eigenvalue weighted by Crippen LogP contribution is -2.25. The van der Waals surface area contributed by atoms with Crippen molar-refractivity contribution in [1.82, 2.24) is 10.3 Å². The van der Waals surface area contributed by atoms with Gasteiger partial charge >= 0.3 is 5.97 Å².